The van der Waals surface area contributed by atoms with E-state index in [4.69, 9.17) is 4.74 Å². The lowest BCUT2D eigenvalue weighted by atomic mass is 10.1. The van der Waals surface area contributed by atoms with Crippen LogP contribution in [-0.4, -0.2) is 29.6 Å². The van der Waals surface area contributed by atoms with Gasteiger partial charge in [-0.2, -0.15) is 0 Å². The third-order valence-corrected chi connectivity index (χ3v) is 3.92. The molecule has 0 saturated heterocycles. The van der Waals surface area contributed by atoms with E-state index in [1.165, 1.54) is 17.4 Å². The van der Waals surface area contributed by atoms with Gasteiger partial charge in [0.25, 0.3) is 5.91 Å². The van der Waals surface area contributed by atoms with E-state index in [0.29, 0.717) is 12.1 Å². The van der Waals surface area contributed by atoms with Gasteiger partial charge in [-0.25, -0.2) is 9.59 Å². The molecule has 3 N–H and O–H groups in total. The molecule has 0 fully saturated rings. The van der Waals surface area contributed by atoms with Gasteiger partial charge in [-0.05, 0) is 30.0 Å². The second-order valence-electron chi connectivity index (χ2n) is 4.86. The first-order chi connectivity index (χ1) is 11.5. The summed E-state index contributed by atoms with van der Waals surface area (Å²) >= 11 is 1.48. The van der Waals surface area contributed by atoms with Gasteiger partial charge in [0.1, 0.15) is 11.3 Å². The number of imide groups is 1. The summed E-state index contributed by atoms with van der Waals surface area (Å²) in [7, 11) is 0. The number of phenolic OH excluding ortho intramolecular Hbond substituents is 1. The van der Waals surface area contributed by atoms with Crippen molar-refractivity contribution in [3.05, 3.63) is 51.7 Å². The van der Waals surface area contributed by atoms with Crippen LogP contribution in [0.1, 0.15) is 20.8 Å². The Bertz CT molecular complexity index is 743. The molecule has 8 heteroatoms. The minimum atomic E-state index is -0.842. The fourth-order valence-electron chi connectivity index (χ4n) is 1.82. The molecule has 0 aliphatic carbocycles. The Morgan fingerprint density at radius 1 is 1.21 bits per heavy atom. The quantitative estimate of drug-likeness (QED) is 0.716. The molecule has 2 rings (SSSR count). The SMILES string of the molecule is Cc1cccc(C(=O)OCC(=O)NC(=O)NCc2cccs2)c1O. The van der Waals surface area contributed by atoms with Gasteiger partial charge in [-0.1, -0.05) is 18.2 Å². The van der Waals surface area contributed by atoms with Gasteiger partial charge in [0.2, 0.25) is 0 Å². The second kappa shape index (κ2) is 8.11. The molecule has 0 unspecified atom stereocenters. The predicted octanol–water partition coefficient (Wildman–Crippen LogP) is 1.94. The molecule has 0 spiro atoms. The number of hydrogen-bond donors (Lipinski definition) is 3. The van der Waals surface area contributed by atoms with E-state index in [1.54, 1.807) is 19.1 Å². The number of rotatable bonds is 5. The van der Waals surface area contributed by atoms with Crippen LogP contribution in [0.25, 0.3) is 0 Å². The van der Waals surface area contributed by atoms with E-state index in [-0.39, 0.29) is 11.3 Å². The second-order valence-corrected chi connectivity index (χ2v) is 5.89. The molecule has 0 bridgehead atoms. The molecule has 24 heavy (non-hydrogen) atoms. The Kier molecular flexibility index (Phi) is 5.91. The Hall–Kier alpha value is -2.87. The molecule has 0 atom stereocenters. The number of hydrogen-bond acceptors (Lipinski definition) is 6. The number of nitrogens with one attached hydrogen (secondary N) is 2. The van der Waals surface area contributed by atoms with E-state index in [1.807, 2.05) is 17.5 Å². The molecule has 0 aliphatic heterocycles. The van der Waals surface area contributed by atoms with Crippen molar-refractivity contribution in [1.82, 2.24) is 10.6 Å². The van der Waals surface area contributed by atoms with Crippen LogP contribution >= 0.6 is 11.3 Å². The highest BCUT2D eigenvalue weighted by molar-refractivity contribution is 7.09. The van der Waals surface area contributed by atoms with Gasteiger partial charge in [0.15, 0.2) is 6.61 Å². The fourth-order valence-corrected chi connectivity index (χ4v) is 2.46. The highest BCUT2D eigenvalue weighted by Gasteiger charge is 2.16. The Morgan fingerprint density at radius 3 is 2.71 bits per heavy atom. The summed E-state index contributed by atoms with van der Waals surface area (Å²) < 4.78 is 4.79. The smallest absolute Gasteiger partial charge is 0.342 e. The maximum atomic E-state index is 11.8. The van der Waals surface area contributed by atoms with Crippen LogP contribution in [0, 0.1) is 6.92 Å². The highest BCUT2D eigenvalue weighted by Crippen LogP contribution is 2.21. The van der Waals surface area contributed by atoms with Crippen LogP contribution in [0.5, 0.6) is 5.75 Å². The third kappa shape index (κ3) is 4.82. The van der Waals surface area contributed by atoms with Crippen LogP contribution in [0.3, 0.4) is 0 Å². The molecule has 0 aliphatic rings. The minimum absolute atomic E-state index is 0.0371. The average molecular weight is 348 g/mol. The van der Waals surface area contributed by atoms with Gasteiger partial charge < -0.3 is 15.2 Å². The van der Waals surface area contributed by atoms with Crippen LogP contribution in [0.4, 0.5) is 4.79 Å². The lowest BCUT2D eigenvalue weighted by molar-refractivity contribution is -0.123. The van der Waals surface area contributed by atoms with E-state index >= 15 is 0 Å². The van der Waals surface area contributed by atoms with Crippen LogP contribution in [-0.2, 0) is 16.1 Å². The topological polar surface area (TPSA) is 105 Å². The number of carbonyl (C=O) groups excluding carboxylic acids is 3. The molecule has 1 aromatic heterocycles. The molecular weight excluding hydrogens is 332 g/mol. The number of para-hydroxylation sites is 1. The van der Waals surface area contributed by atoms with Crippen LogP contribution < -0.4 is 10.6 Å². The number of aryl methyl sites for hydroxylation is 1. The largest absolute Gasteiger partial charge is 0.507 e. The van der Waals surface area contributed by atoms with Crippen molar-refractivity contribution in [1.29, 1.82) is 0 Å². The van der Waals surface area contributed by atoms with Gasteiger partial charge in [-0.15, -0.1) is 11.3 Å². The van der Waals surface area contributed by atoms with E-state index in [9.17, 15) is 19.5 Å². The molecule has 2 aromatic rings. The van der Waals surface area contributed by atoms with Crippen molar-refractivity contribution in [3.63, 3.8) is 0 Å². The lowest BCUT2D eigenvalue weighted by Crippen LogP contribution is -2.41. The maximum absolute atomic E-state index is 11.8. The van der Waals surface area contributed by atoms with E-state index in [2.05, 4.69) is 10.6 Å². The van der Waals surface area contributed by atoms with Crippen LogP contribution in [0.2, 0.25) is 0 Å². The number of esters is 1. The Labute approximate surface area is 142 Å². The maximum Gasteiger partial charge on any atom is 0.342 e. The number of aromatic hydroxyl groups is 1. The van der Waals surface area contributed by atoms with Gasteiger partial charge in [0, 0.05) is 4.88 Å². The monoisotopic (exact) mass is 348 g/mol. The number of amides is 3. The molecular formula is C16H16N2O5S. The summed E-state index contributed by atoms with van der Waals surface area (Å²) in [6, 6.07) is 7.63. The van der Waals surface area contributed by atoms with Gasteiger partial charge >= 0.3 is 12.0 Å². The number of urea groups is 1. The Morgan fingerprint density at radius 2 is 2.00 bits per heavy atom. The zero-order valence-electron chi connectivity index (χ0n) is 12.9. The first-order valence-corrected chi connectivity index (χ1v) is 7.91. The number of carbonyl (C=O) groups is 3. The summed E-state index contributed by atoms with van der Waals surface area (Å²) in [5, 5.41) is 16.2. The number of ether oxygens (including phenoxy) is 1. The summed E-state index contributed by atoms with van der Waals surface area (Å²) in [6.07, 6.45) is 0. The normalized spacial score (nSPS) is 10.0. The molecule has 0 radical (unpaired) electrons. The van der Waals surface area contributed by atoms with Gasteiger partial charge in [0.05, 0.1) is 6.54 Å². The molecule has 126 valence electrons. The molecule has 1 aromatic carbocycles. The standard InChI is InChI=1S/C16H16N2O5S/c1-10-4-2-6-12(14(10)20)15(21)23-9-13(19)18-16(22)17-8-11-5-3-7-24-11/h2-7,20H,8-9H2,1H3,(H2,17,18,19,22). The molecule has 7 nitrogen and oxygen atoms in total. The van der Waals surface area contributed by atoms with Crippen molar-refractivity contribution in [3.8, 4) is 5.75 Å². The average Bonchev–Trinajstić information content (AvgIpc) is 3.07. The molecule has 3 amide bonds. The summed E-state index contributed by atoms with van der Waals surface area (Å²) in [6.45, 7) is 1.31. The predicted molar refractivity (Wildman–Crippen MR) is 87.8 cm³/mol. The van der Waals surface area contributed by atoms with E-state index in [0.717, 1.165) is 4.88 Å². The lowest BCUT2D eigenvalue weighted by Gasteiger charge is -2.08. The van der Waals surface area contributed by atoms with Crippen molar-refractivity contribution in [2.45, 2.75) is 13.5 Å². The van der Waals surface area contributed by atoms with E-state index < -0.39 is 24.5 Å². The summed E-state index contributed by atoms with van der Waals surface area (Å²) in [5.41, 5.74) is 0.479. The van der Waals surface area contributed by atoms with Crippen molar-refractivity contribution >= 4 is 29.2 Å². The Balaban J connectivity index is 1.77. The first-order valence-electron chi connectivity index (χ1n) is 7.03. The van der Waals surface area contributed by atoms with Crippen LogP contribution in [0.15, 0.2) is 35.7 Å². The highest BCUT2D eigenvalue weighted by atomic mass is 32.1. The summed E-state index contributed by atoms with van der Waals surface area (Å²) in [5.74, 6) is -1.80. The van der Waals surface area contributed by atoms with Crippen molar-refractivity contribution in [2.24, 2.45) is 0 Å². The first kappa shape index (κ1) is 17.5. The summed E-state index contributed by atoms with van der Waals surface area (Å²) in [4.78, 5) is 35.9. The zero-order valence-corrected chi connectivity index (χ0v) is 13.7. The van der Waals surface area contributed by atoms with Crippen molar-refractivity contribution < 1.29 is 24.2 Å². The number of phenols is 1. The third-order valence-electron chi connectivity index (χ3n) is 3.05. The number of benzene rings is 1. The molecule has 1 heterocycles. The van der Waals surface area contributed by atoms with Gasteiger partial charge in [-0.3, -0.25) is 10.1 Å². The zero-order chi connectivity index (χ0) is 17.5. The fraction of sp³-hybridized carbons (Fsp3) is 0.188. The number of thiophene rings is 1. The van der Waals surface area contributed by atoms with Crippen molar-refractivity contribution in [2.75, 3.05) is 6.61 Å². The minimum Gasteiger partial charge on any atom is -0.507 e. The molecule has 0 saturated carbocycles.